The Morgan fingerprint density at radius 3 is 2.38 bits per heavy atom. The average Bonchev–Trinajstić information content (AvgIpc) is 3.02. The Bertz CT molecular complexity index is 593. The van der Waals surface area contributed by atoms with Crippen LogP contribution in [0, 0.1) is 52.3 Å². The van der Waals surface area contributed by atoms with Crippen LogP contribution in [0.5, 0.6) is 0 Å². The van der Waals surface area contributed by atoms with Crippen molar-refractivity contribution in [1.29, 1.82) is 0 Å². The van der Waals surface area contributed by atoms with Gasteiger partial charge in [0.05, 0.1) is 0 Å². The summed E-state index contributed by atoms with van der Waals surface area (Å²) in [6.07, 6.45) is 17.7. The van der Waals surface area contributed by atoms with Crippen molar-refractivity contribution in [3.8, 4) is 0 Å². The summed E-state index contributed by atoms with van der Waals surface area (Å²) in [5.41, 5.74) is 1.22. The zero-order valence-electron chi connectivity index (χ0n) is 20.1. The van der Waals surface area contributed by atoms with Crippen LogP contribution in [-0.2, 0) is 4.79 Å². The van der Waals surface area contributed by atoms with Gasteiger partial charge < -0.3 is 0 Å². The summed E-state index contributed by atoms with van der Waals surface area (Å²) in [6.45, 7) is 12.2. The molecule has 4 aliphatic carbocycles. The van der Waals surface area contributed by atoms with E-state index in [2.05, 4.69) is 34.6 Å². The molecule has 0 amide bonds. The lowest BCUT2D eigenvalue weighted by Crippen LogP contribution is -2.53. The van der Waals surface area contributed by atoms with Crippen molar-refractivity contribution in [3.63, 3.8) is 0 Å². The van der Waals surface area contributed by atoms with Crippen LogP contribution in [0.2, 0.25) is 0 Å². The van der Waals surface area contributed by atoms with Gasteiger partial charge in [-0.1, -0.05) is 47.5 Å². The van der Waals surface area contributed by atoms with Crippen molar-refractivity contribution in [3.05, 3.63) is 0 Å². The quantitative estimate of drug-likeness (QED) is 0.440. The van der Waals surface area contributed by atoms with E-state index in [1.807, 2.05) is 0 Å². The maximum absolute atomic E-state index is 12.3. The SMILES string of the molecule is CC(C)CC(=O)CC[C@@H](C)[C@H]1CC[C@H]2[C@@H]3CCC4CCCC[C@]4(C)[C@H]3CC[C@]12C. The Kier molecular flexibility index (Phi) is 6.27. The fourth-order valence-corrected chi connectivity index (χ4v) is 9.42. The summed E-state index contributed by atoms with van der Waals surface area (Å²) in [5.74, 6) is 6.62. The van der Waals surface area contributed by atoms with Gasteiger partial charge in [-0.2, -0.15) is 0 Å². The number of fused-ring (bicyclic) bond motifs is 5. The fourth-order valence-electron chi connectivity index (χ4n) is 9.42. The van der Waals surface area contributed by atoms with E-state index in [0.29, 0.717) is 22.5 Å². The first-order valence-corrected chi connectivity index (χ1v) is 13.3. The summed E-state index contributed by atoms with van der Waals surface area (Å²) >= 11 is 0. The summed E-state index contributed by atoms with van der Waals surface area (Å²) in [7, 11) is 0. The summed E-state index contributed by atoms with van der Waals surface area (Å²) in [5, 5.41) is 0. The van der Waals surface area contributed by atoms with E-state index >= 15 is 0 Å². The Morgan fingerprint density at radius 2 is 1.62 bits per heavy atom. The van der Waals surface area contributed by atoms with E-state index in [-0.39, 0.29) is 0 Å². The van der Waals surface area contributed by atoms with Crippen molar-refractivity contribution in [2.45, 2.75) is 118 Å². The van der Waals surface area contributed by atoms with Crippen molar-refractivity contribution < 1.29 is 4.79 Å². The number of rotatable bonds is 6. The zero-order valence-corrected chi connectivity index (χ0v) is 20.1. The highest BCUT2D eigenvalue weighted by Gasteiger charge is 2.60. The minimum atomic E-state index is 0.499. The topological polar surface area (TPSA) is 17.1 Å². The Labute approximate surface area is 181 Å². The average molecular weight is 401 g/mol. The number of Topliss-reactive ketones (excluding diaryl/α,β-unsaturated/α-hetero) is 1. The molecule has 0 spiro atoms. The third-order valence-electron chi connectivity index (χ3n) is 10.9. The smallest absolute Gasteiger partial charge is 0.133 e. The van der Waals surface area contributed by atoms with Gasteiger partial charge in [-0.05, 0) is 110 Å². The van der Waals surface area contributed by atoms with Gasteiger partial charge in [-0.3, -0.25) is 4.79 Å². The van der Waals surface area contributed by atoms with Crippen LogP contribution in [-0.4, -0.2) is 5.78 Å². The second-order valence-corrected chi connectivity index (χ2v) is 12.8. The van der Waals surface area contributed by atoms with E-state index in [1.165, 1.54) is 64.2 Å². The number of carbonyl (C=O) groups is 1. The molecule has 8 atom stereocenters. The molecule has 1 unspecified atom stereocenters. The molecule has 0 heterocycles. The second-order valence-electron chi connectivity index (χ2n) is 12.8. The normalized spacial score (nSPS) is 45.4. The molecule has 0 aromatic rings. The third-order valence-corrected chi connectivity index (χ3v) is 10.9. The molecule has 0 aliphatic heterocycles. The highest BCUT2D eigenvalue weighted by atomic mass is 16.1. The molecule has 0 bridgehead atoms. The minimum Gasteiger partial charge on any atom is -0.300 e. The van der Waals surface area contributed by atoms with Crippen molar-refractivity contribution >= 4 is 5.78 Å². The molecule has 1 heteroatoms. The van der Waals surface area contributed by atoms with Crippen molar-refractivity contribution in [2.75, 3.05) is 0 Å². The molecule has 166 valence electrons. The van der Waals surface area contributed by atoms with Crippen LogP contribution in [0.25, 0.3) is 0 Å². The molecular formula is C28H48O. The van der Waals surface area contributed by atoms with Crippen LogP contribution >= 0.6 is 0 Å². The van der Waals surface area contributed by atoms with Crippen LogP contribution in [0.1, 0.15) is 118 Å². The number of carbonyl (C=O) groups excluding carboxylic acids is 1. The molecule has 1 nitrogen and oxygen atoms in total. The first-order valence-electron chi connectivity index (χ1n) is 13.3. The van der Waals surface area contributed by atoms with Gasteiger partial charge in [-0.25, -0.2) is 0 Å². The van der Waals surface area contributed by atoms with Crippen LogP contribution in [0.3, 0.4) is 0 Å². The fraction of sp³-hybridized carbons (Fsp3) is 0.964. The van der Waals surface area contributed by atoms with E-state index in [9.17, 15) is 4.79 Å². The van der Waals surface area contributed by atoms with Crippen molar-refractivity contribution in [2.24, 2.45) is 52.3 Å². The number of hydrogen-bond donors (Lipinski definition) is 0. The highest BCUT2D eigenvalue weighted by Crippen LogP contribution is 2.68. The van der Waals surface area contributed by atoms with E-state index in [0.717, 1.165) is 54.8 Å². The molecule has 0 N–H and O–H groups in total. The molecule has 0 aromatic carbocycles. The molecular weight excluding hydrogens is 352 g/mol. The largest absolute Gasteiger partial charge is 0.300 e. The molecule has 29 heavy (non-hydrogen) atoms. The predicted molar refractivity (Wildman–Crippen MR) is 123 cm³/mol. The highest BCUT2D eigenvalue weighted by molar-refractivity contribution is 5.78. The zero-order chi connectivity index (χ0) is 20.8. The van der Waals surface area contributed by atoms with Crippen molar-refractivity contribution in [1.82, 2.24) is 0 Å². The van der Waals surface area contributed by atoms with Gasteiger partial charge in [-0.15, -0.1) is 0 Å². The third kappa shape index (κ3) is 3.87. The summed E-state index contributed by atoms with van der Waals surface area (Å²) in [6, 6.07) is 0. The molecule has 4 rings (SSSR count). The van der Waals surface area contributed by atoms with E-state index in [4.69, 9.17) is 0 Å². The van der Waals surface area contributed by atoms with Gasteiger partial charge >= 0.3 is 0 Å². The van der Waals surface area contributed by atoms with E-state index < -0.39 is 0 Å². The van der Waals surface area contributed by atoms with Gasteiger partial charge in [0.15, 0.2) is 0 Å². The lowest BCUT2D eigenvalue weighted by atomic mass is 9.44. The van der Waals surface area contributed by atoms with Crippen LogP contribution < -0.4 is 0 Å². The summed E-state index contributed by atoms with van der Waals surface area (Å²) < 4.78 is 0. The Hall–Kier alpha value is -0.330. The van der Waals surface area contributed by atoms with Crippen LogP contribution in [0.4, 0.5) is 0 Å². The van der Waals surface area contributed by atoms with Gasteiger partial charge in [0.1, 0.15) is 5.78 Å². The van der Waals surface area contributed by atoms with Gasteiger partial charge in [0.25, 0.3) is 0 Å². The van der Waals surface area contributed by atoms with Gasteiger partial charge in [0.2, 0.25) is 0 Å². The lowest BCUT2D eigenvalue weighted by Gasteiger charge is -2.61. The second kappa shape index (κ2) is 8.31. The first kappa shape index (κ1) is 21.9. The summed E-state index contributed by atoms with van der Waals surface area (Å²) in [4.78, 5) is 12.3. The van der Waals surface area contributed by atoms with E-state index in [1.54, 1.807) is 0 Å². The Morgan fingerprint density at radius 1 is 0.862 bits per heavy atom. The Balaban J connectivity index is 1.43. The molecule has 4 aliphatic rings. The molecule has 4 saturated carbocycles. The molecule has 0 radical (unpaired) electrons. The van der Waals surface area contributed by atoms with Gasteiger partial charge in [0, 0.05) is 12.8 Å². The monoisotopic (exact) mass is 400 g/mol. The maximum atomic E-state index is 12.3. The standard InChI is InChI=1S/C28H48O/c1-19(2)18-22(29)11-9-20(3)24-13-14-25-23-12-10-21-8-6-7-16-27(21,4)26(23)15-17-28(24,25)5/h19-21,23-26H,6-18H2,1-5H3/t20-,21?,23+,24-,25+,26+,27+,28-/m1/s1. The predicted octanol–water partition coefficient (Wildman–Crippen LogP) is 8.07. The first-order chi connectivity index (χ1) is 13.8. The lowest BCUT2D eigenvalue weighted by molar-refractivity contribution is -0.121. The minimum absolute atomic E-state index is 0.499. The molecule has 0 saturated heterocycles. The number of hydrogen-bond acceptors (Lipinski definition) is 1. The molecule has 0 aromatic heterocycles. The van der Waals surface area contributed by atoms with Crippen LogP contribution in [0.15, 0.2) is 0 Å². The maximum Gasteiger partial charge on any atom is 0.133 e. The molecule has 4 fully saturated rings. The number of ketones is 1.